The largest absolute Gasteiger partial charge is 0.357 e. The third-order valence-corrected chi connectivity index (χ3v) is 6.72. The molecular weight excluding hydrogens is 370 g/mol. The zero-order valence-corrected chi connectivity index (χ0v) is 19.6. The summed E-state index contributed by atoms with van der Waals surface area (Å²) in [5.41, 5.74) is 1.41. The molecule has 2 N–H and O–H groups in total. The van der Waals surface area contributed by atoms with Gasteiger partial charge in [-0.15, -0.1) is 0 Å². The van der Waals surface area contributed by atoms with Gasteiger partial charge in [0.2, 0.25) is 0 Å². The van der Waals surface area contributed by atoms with E-state index in [1.807, 2.05) is 0 Å². The molecule has 5 heteroatoms. The Kier molecular flexibility index (Phi) is 9.01. The summed E-state index contributed by atoms with van der Waals surface area (Å²) in [5, 5.41) is 7.22. The molecule has 0 radical (unpaired) electrons. The Bertz CT molecular complexity index is 644. The summed E-state index contributed by atoms with van der Waals surface area (Å²) < 4.78 is 0. The van der Waals surface area contributed by atoms with Gasteiger partial charge in [0.15, 0.2) is 5.96 Å². The predicted octanol–water partition coefficient (Wildman–Crippen LogP) is 3.72. The summed E-state index contributed by atoms with van der Waals surface area (Å²) in [4.78, 5) is 10.2. The molecule has 3 atom stereocenters. The van der Waals surface area contributed by atoms with Crippen LogP contribution in [0.3, 0.4) is 0 Å². The maximum atomic E-state index is 4.99. The minimum absolute atomic E-state index is 0.503. The van der Waals surface area contributed by atoms with Gasteiger partial charge in [-0.25, -0.2) is 0 Å². The van der Waals surface area contributed by atoms with E-state index in [0.29, 0.717) is 24.0 Å². The fraction of sp³-hybridized carbons (Fsp3) is 0.720. The lowest BCUT2D eigenvalue weighted by Crippen LogP contribution is -2.51. The van der Waals surface area contributed by atoms with E-state index < -0.39 is 0 Å². The fourth-order valence-corrected chi connectivity index (χ4v) is 4.85. The Labute approximate surface area is 184 Å². The minimum atomic E-state index is 0.503. The average molecular weight is 414 g/mol. The number of rotatable bonds is 7. The van der Waals surface area contributed by atoms with Gasteiger partial charge in [-0.1, -0.05) is 30.3 Å². The number of nitrogens with one attached hydrogen (secondary N) is 2. The highest BCUT2D eigenvalue weighted by Gasteiger charge is 2.26. The van der Waals surface area contributed by atoms with Crippen molar-refractivity contribution in [3.8, 4) is 0 Å². The van der Waals surface area contributed by atoms with Gasteiger partial charge < -0.3 is 15.5 Å². The highest BCUT2D eigenvalue weighted by Crippen LogP contribution is 2.21. The number of benzene rings is 1. The molecule has 2 heterocycles. The molecule has 0 bridgehead atoms. The molecule has 2 saturated heterocycles. The van der Waals surface area contributed by atoms with Crippen molar-refractivity contribution in [2.75, 3.05) is 32.7 Å². The molecule has 168 valence electrons. The van der Waals surface area contributed by atoms with Crippen LogP contribution >= 0.6 is 0 Å². The Morgan fingerprint density at radius 3 is 2.67 bits per heavy atom. The van der Waals surface area contributed by atoms with E-state index in [-0.39, 0.29) is 0 Å². The highest BCUT2D eigenvalue weighted by atomic mass is 15.2. The summed E-state index contributed by atoms with van der Waals surface area (Å²) in [6, 6.07) is 12.6. The molecule has 1 aromatic carbocycles. The Morgan fingerprint density at radius 1 is 1.17 bits per heavy atom. The quantitative estimate of drug-likeness (QED) is 0.528. The first-order chi connectivity index (χ1) is 14.5. The lowest BCUT2D eigenvalue weighted by molar-refractivity contribution is 0.134. The van der Waals surface area contributed by atoms with Crippen molar-refractivity contribution in [3.05, 3.63) is 35.9 Å². The smallest absolute Gasteiger partial charge is 0.191 e. The molecule has 0 aromatic heterocycles. The Hall–Kier alpha value is -1.59. The monoisotopic (exact) mass is 413 g/mol. The van der Waals surface area contributed by atoms with Crippen molar-refractivity contribution in [2.24, 2.45) is 10.9 Å². The first kappa shape index (κ1) is 23.1. The van der Waals surface area contributed by atoms with E-state index >= 15 is 0 Å². The van der Waals surface area contributed by atoms with Crippen LogP contribution in [0.1, 0.15) is 58.9 Å². The SMILES string of the molecule is CCNC(=NCC1CCCN(C(C)C)C1)NC1CCN(Cc2ccccc2)C(C)C1. The van der Waals surface area contributed by atoms with E-state index in [9.17, 15) is 0 Å². The van der Waals surface area contributed by atoms with Crippen molar-refractivity contribution < 1.29 is 0 Å². The van der Waals surface area contributed by atoms with Crippen LogP contribution < -0.4 is 10.6 Å². The molecule has 3 unspecified atom stereocenters. The summed E-state index contributed by atoms with van der Waals surface area (Å²) in [5.74, 6) is 1.69. The van der Waals surface area contributed by atoms with Crippen LogP contribution in [0.25, 0.3) is 0 Å². The molecule has 0 spiro atoms. The van der Waals surface area contributed by atoms with E-state index in [4.69, 9.17) is 4.99 Å². The van der Waals surface area contributed by atoms with E-state index in [2.05, 4.69) is 78.5 Å². The predicted molar refractivity (Wildman–Crippen MR) is 128 cm³/mol. The molecule has 5 nitrogen and oxygen atoms in total. The van der Waals surface area contributed by atoms with Crippen LogP contribution in [0.15, 0.2) is 35.3 Å². The summed E-state index contributed by atoms with van der Waals surface area (Å²) in [7, 11) is 0. The maximum absolute atomic E-state index is 4.99. The number of nitrogens with zero attached hydrogens (tertiary/aromatic N) is 3. The molecular formula is C25H43N5. The van der Waals surface area contributed by atoms with Gasteiger partial charge in [0.05, 0.1) is 0 Å². The molecule has 3 rings (SSSR count). The fourth-order valence-electron chi connectivity index (χ4n) is 4.85. The first-order valence-corrected chi connectivity index (χ1v) is 12.1. The van der Waals surface area contributed by atoms with Crippen LogP contribution in [0.5, 0.6) is 0 Å². The first-order valence-electron chi connectivity index (χ1n) is 12.1. The molecule has 30 heavy (non-hydrogen) atoms. The van der Waals surface area contributed by atoms with Crippen LogP contribution in [-0.2, 0) is 6.54 Å². The van der Waals surface area contributed by atoms with Gasteiger partial charge >= 0.3 is 0 Å². The summed E-state index contributed by atoms with van der Waals surface area (Å²) in [6.45, 7) is 15.6. The zero-order chi connectivity index (χ0) is 21.3. The Balaban J connectivity index is 1.49. The van der Waals surface area contributed by atoms with Crippen molar-refractivity contribution in [1.82, 2.24) is 20.4 Å². The van der Waals surface area contributed by atoms with Gasteiger partial charge in [-0.05, 0) is 71.4 Å². The van der Waals surface area contributed by atoms with Crippen molar-refractivity contribution in [1.29, 1.82) is 0 Å². The van der Waals surface area contributed by atoms with Gasteiger partial charge in [-0.2, -0.15) is 0 Å². The summed E-state index contributed by atoms with van der Waals surface area (Å²) in [6.07, 6.45) is 4.95. The normalized spacial score (nSPS) is 26.7. The van der Waals surface area contributed by atoms with Crippen LogP contribution in [0.4, 0.5) is 0 Å². The number of guanidine groups is 1. The van der Waals surface area contributed by atoms with Gasteiger partial charge in [0, 0.05) is 50.8 Å². The second-order valence-electron chi connectivity index (χ2n) is 9.49. The summed E-state index contributed by atoms with van der Waals surface area (Å²) >= 11 is 0. The van der Waals surface area contributed by atoms with E-state index in [1.165, 1.54) is 44.3 Å². The van der Waals surface area contributed by atoms with Gasteiger partial charge in [0.1, 0.15) is 0 Å². The molecule has 0 aliphatic carbocycles. The standard InChI is InChI=1S/C25H43N5/c1-5-26-25(27-17-23-12-9-14-29(19-23)20(2)3)28-24-13-15-30(21(4)16-24)18-22-10-7-6-8-11-22/h6-8,10-11,20-21,23-24H,5,9,12-19H2,1-4H3,(H2,26,27,28). The number of hydrogen-bond acceptors (Lipinski definition) is 3. The number of likely N-dealkylation sites (tertiary alicyclic amines) is 2. The topological polar surface area (TPSA) is 42.9 Å². The molecule has 1 aromatic rings. The van der Waals surface area contributed by atoms with Crippen LogP contribution in [0.2, 0.25) is 0 Å². The lowest BCUT2D eigenvalue weighted by atomic mass is 9.97. The molecule has 2 aliphatic rings. The van der Waals surface area contributed by atoms with Crippen LogP contribution in [-0.4, -0.2) is 66.6 Å². The average Bonchev–Trinajstić information content (AvgIpc) is 2.75. The van der Waals surface area contributed by atoms with E-state index in [0.717, 1.165) is 32.1 Å². The number of aliphatic imine (C=N–C) groups is 1. The van der Waals surface area contributed by atoms with Crippen molar-refractivity contribution >= 4 is 5.96 Å². The van der Waals surface area contributed by atoms with Crippen molar-refractivity contribution in [2.45, 2.75) is 78.0 Å². The van der Waals surface area contributed by atoms with Gasteiger partial charge in [0.25, 0.3) is 0 Å². The van der Waals surface area contributed by atoms with Gasteiger partial charge in [-0.3, -0.25) is 9.89 Å². The lowest BCUT2D eigenvalue weighted by Gasteiger charge is -2.38. The number of hydrogen-bond donors (Lipinski definition) is 2. The maximum Gasteiger partial charge on any atom is 0.191 e. The van der Waals surface area contributed by atoms with Crippen LogP contribution in [0, 0.1) is 5.92 Å². The Morgan fingerprint density at radius 2 is 1.97 bits per heavy atom. The zero-order valence-electron chi connectivity index (χ0n) is 19.6. The molecule has 0 amide bonds. The third-order valence-electron chi connectivity index (χ3n) is 6.72. The van der Waals surface area contributed by atoms with Crippen molar-refractivity contribution in [3.63, 3.8) is 0 Å². The third kappa shape index (κ3) is 6.98. The minimum Gasteiger partial charge on any atom is -0.357 e. The second kappa shape index (κ2) is 11.7. The van der Waals surface area contributed by atoms with E-state index in [1.54, 1.807) is 0 Å². The molecule has 2 aliphatic heterocycles. The number of piperidine rings is 2. The molecule has 0 saturated carbocycles. The molecule has 2 fully saturated rings. The highest BCUT2D eigenvalue weighted by molar-refractivity contribution is 5.80. The second-order valence-corrected chi connectivity index (χ2v) is 9.49.